The van der Waals surface area contributed by atoms with Crippen molar-refractivity contribution >= 4 is 22.4 Å². The molecule has 8 nitrogen and oxygen atoms in total. The molecule has 9 heteroatoms. The lowest BCUT2D eigenvalue weighted by Crippen LogP contribution is -2.72. The number of anilines is 1. The Labute approximate surface area is 139 Å². The van der Waals surface area contributed by atoms with Crippen LogP contribution in [-0.2, 0) is 14.3 Å². The van der Waals surface area contributed by atoms with Crippen LogP contribution >= 0.6 is 11.3 Å². The summed E-state index contributed by atoms with van der Waals surface area (Å²) in [7, 11) is 3.59. The number of aromatic nitrogens is 2. The Morgan fingerprint density at radius 2 is 2.26 bits per heavy atom. The molecule has 0 aromatic carbocycles. The molecule has 0 radical (unpaired) electrons. The highest BCUT2D eigenvalue weighted by atomic mass is 32.1. The molecule has 0 aliphatic carbocycles. The lowest BCUT2D eigenvalue weighted by molar-refractivity contribution is -0.157. The summed E-state index contributed by atoms with van der Waals surface area (Å²) in [6.45, 7) is 5.74. The number of aryl methyl sites for hydroxylation is 1. The number of methoxy groups -OCH3 is 1. The van der Waals surface area contributed by atoms with Crippen LogP contribution in [0.2, 0.25) is 0 Å². The lowest BCUT2D eigenvalue weighted by Gasteiger charge is -2.54. The van der Waals surface area contributed by atoms with Crippen LogP contribution < -0.4 is 10.2 Å². The van der Waals surface area contributed by atoms with Crippen molar-refractivity contribution in [2.24, 2.45) is 0 Å². The summed E-state index contributed by atoms with van der Waals surface area (Å²) in [6.07, 6.45) is 0. The Morgan fingerprint density at radius 1 is 1.48 bits per heavy atom. The average molecular weight is 341 g/mol. The standard InChI is InChI=1S/C14H23N5O3S/c1-10-16-17-13(23-10)19-8-14(9-19)7-18(2)11(6-22-14)12(20)15-4-5-21-3/h11H,4-9H2,1-3H3,(H,15,20)/t11-/m0/s1. The van der Waals surface area contributed by atoms with Crippen LogP contribution in [0.5, 0.6) is 0 Å². The normalized spacial score (nSPS) is 23.8. The summed E-state index contributed by atoms with van der Waals surface area (Å²) in [4.78, 5) is 16.4. The summed E-state index contributed by atoms with van der Waals surface area (Å²) in [5, 5.41) is 13.0. The van der Waals surface area contributed by atoms with Crippen molar-refractivity contribution in [1.29, 1.82) is 0 Å². The predicted octanol–water partition coefficient (Wildman–Crippen LogP) is -0.501. The zero-order chi connectivity index (χ0) is 16.4. The van der Waals surface area contributed by atoms with Crippen LogP contribution in [0, 0.1) is 6.92 Å². The second kappa shape index (κ2) is 6.68. The van der Waals surface area contributed by atoms with E-state index in [4.69, 9.17) is 9.47 Å². The first-order chi connectivity index (χ1) is 11.0. The number of hydrogen-bond acceptors (Lipinski definition) is 8. The molecule has 3 heterocycles. The van der Waals surface area contributed by atoms with Gasteiger partial charge < -0.3 is 19.7 Å². The van der Waals surface area contributed by atoms with Crippen molar-refractivity contribution in [1.82, 2.24) is 20.4 Å². The Morgan fingerprint density at radius 3 is 2.87 bits per heavy atom. The van der Waals surface area contributed by atoms with Crippen LogP contribution in [0.15, 0.2) is 0 Å². The van der Waals surface area contributed by atoms with Crippen molar-refractivity contribution in [3.05, 3.63) is 5.01 Å². The first-order valence-corrected chi connectivity index (χ1v) is 8.50. The highest BCUT2D eigenvalue weighted by molar-refractivity contribution is 7.15. The molecule has 2 saturated heterocycles. The largest absolute Gasteiger partial charge is 0.383 e. The van der Waals surface area contributed by atoms with Crippen LogP contribution in [0.3, 0.4) is 0 Å². The number of nitrogens with zero attached hydrogens (tertiary/aromatic N) is 4. The molecule has 1 N–H and O–H groups in total. The SMILES string of the molecule is COCCNC(=O)[C@@H]1COC2(CN(c3nnc(C)s3)C2)CN1C. The van der Waals surface area contributed by atoms with Gasteiger partial charge in [-0.2, -0.15) is 0 Å². The van der Waals surface area contributed by atoms with Crippen LogP contribution in [0.1, 0.15) is 5.01 Å². The second-order valence-electron chi connectivity index (χ2n) is 6.17. The van der Waals surface area contributed by atoms with E-state index in [2.05, 4.69) is 25.3 Å². The summed E-state index contributed by atoms with van der Waals surface area (Å²) in [5.74, 6) is -0.00433. The van der Waals surface area contributed by atoms with Gasteiger partial charge in [-0.3, -0.25) is 9.69 Å². The molecule has 0 saturated carbocycles. The second-order valence-corrected chi connectivity index (χ2v) is 7.33. The minimum atomic E-state index is -0.240. The van der Waals surface area contributed by atoms with E-state index in [9.17, 15) is 4.79 Å². The number of nitrogens with one attached hydrogen (secondary N) is 1. The molecule has 1 amide bonds. The van der Waals surface area contributed by atoms with E-state index in [1.54, 1.807) is 18.4 Å². The minimum Gasteiger partial charge on any atom is -0.383 e. The van der Waals surface area contributed by atoms with Crippen molar-refractivity contribution in [2.45, 2.75) is 18.6 Å². The van der Waals surface area contributed by atoms with Gasteiger partial charge in [0.25, 0.3) is 0 Å². The summed E-state index contributed by atoms with van der Waals surface area (Å²) in [5.41, 5.74) is -0.197. The molecule has 2 aliphatic rings. The topological polar surface area (TPSA) is 79.8 Å². The molecular formula is C14H23N5O3S. The number of amides is 1. The van der Waals surface area contributed by atoms with Gasteiger partial charge >= 0.3 is 0 Å². The van der Waals surface area contributed by atoms with Gasteiger partial charge in [0, 0.05) is 20.2 Å². The fourth-order valence-electron chi connectivity index (χ4n) is 3.05. The van der Waals surface area contributed by atoms with Crippen LogP contribution in [0.4, 0.5) is 5.13 Å². The quantitative estimate of drug-likeness (QED) is 0.723. The monoisotopic (exact) mass is 341 g/mol. The van der Waals surface area contributed by atoms with Gasteiger partial charge in [-0.05, 0) is 14.0 Å². The van der Waals surface area contributed by atoms with Gasteiger partial charge in [0.2, 0.25) is 11.0 Å². The molecule has 0 unspecified atom stereocenters. The predicted molar refractivity (Wildman–Crippen MR) is 86.8 cm³/mol. The molecule has 128 valence electrons. The van der Waals surface area contributed by atoms with E-state index in [-0.39, 0.29) is 17.6 Å². The fraction of sp³-hybridized carbons (Fsp3) is 0.786. The zero-order valence-electron chi connectivity index (χ0n) is 13.7. The molecule has 2 fully saturated rings. The summed E-state index contributed by atoms with van der Waals surface area (Å²) in [6, 6.07) is -0.240. The Bertz CT molecular complexity index is 560. The molecule has 0 bridgehead atoms. The van der Waals surface area contributed by atoms with Crippen molar-refractivity contribution < 1.29 is 14.3 Å². The smallest absolute Gasteiger partial charge is 0.239 e. The number of ether oxygens (including phenoxy) is 2. The summed E-state index contributed by atoms with van der Waals surface area (Å²) >= 11 is 1.60. The number of carbonyl (C=O) groups excluding carboxylic acids is 1. The van der Waals surface area contributed by atoms with E-state index in [1.165, 1.54) is 0 Å². The van der Waals surface area contributed by atoms with Gasteiger partial charge in [0.1, 0.15) is 16.7 Å². The number of morpholine rings is 1. The Balaban J connectivity index is 1.50. The average Bonchev–Trinajstić information content (AvgIpc) is 2.91. The highest BCUT2D eigenvalue weighted by Gasteiger charge is 2.50. The van der Waals surface area contributed by atoms with E-state index in [1.807, 2.05) is 14.0 Å². The highest BCUT2D eigenvalue weighted by Crippen LogP contribution is 2.35. The van der Waals surface area contributed by atoms with Crippen LogP contribution in [-0.4, -0.2) is 86.2 Å². The maximum atomic E-state index is 12.2. The van der Waals surface area contributed by atoms with Gasteiger partial charge in [0.05, 0.1) is 26.3 Å². The first-order valence-electron chi connectivity index (χ1n) is 7.69. The number of carbonyl (C=O) groups is 1. The number of hydrogen-bond donors (Lipinski definition) is 1. The third kappa shape index (κ3) is 3.47. The van der Waals surface area contributed by atoms with Crippen molar-refractivity contribution in [2.75, 3.05) is 58.5 Å². The molecule has 1 aromatic rings. The molecule has 23 heavy (non-hydrogen) atoms. The number of likely N-dealkylation sites (N-methyl/N-ethyl adjacent to an activating group) is 1. The molecule has 2 aliphatic heterocycles. The van der Waals surface area contributed by atoms with Gasteiger partial charge in [-0.15, -0.1) is 10.2 Å². The maximum Gasteiger partial charge on any atom is 0.239 e. The maximum absolute atomic E-state index is 12.2. The van der Waals surface area contributed by atoms with Gasteiger partial charge in [0.15, 0.2) is 0 Å². The zero-order valence-corrected chi connectivity index (χ0v) is 14.6. The van der Waals surface area contributed by atoms with Crippen LogP contribution in [0.25, 0.3) is 0 Å². The van der Waals surface area contributed by atoms with E-state index < -0.39 is 0 Å². The Hall–Kier alpha value is -1.29. The molecule has 1 aromatic heterocycles. The van der Waals surface area contributed by atoms with E-state index in [0.29, 0.717) is 19.8 Å². The first kappa shape index (κ1) is 16.6. The number of rotatable bonds is 5. The third-order valence-electron chi connectivity index (χ3n) is 4.27. The van der Waals surface area contributed by atoms with E-state index >= 15 is 0 Å². The van der Waals surface area contributed by atoms with E-state index in [0.717, 1.165) is 29.8 Å². The molecular weight excluding hydrogens is 318 g/mol. The fourth-order valence-corrected chi connectivity index (χ4v) is 3.74. The summed E-state index contributed by atoms with van der Waals surface area (Å²) < 4.78 is 11.0. The van der Waals surface area contributed by atoms with Gasteiger partial charge in [-0.25, -0.2) is 0 Å². The van der Waals surface area contributed by atoms with Crippen molar-refractivity contribution in [3.63, 3.8) is 0 Å². The lowest BCUT2D eigenvalue weighted by atomic mass is 9.91. The Kier molecular flexibility index (Phi) is 4.81. The minimum absolute atomic E-state index is 0.00433. The molecule has 1 spiro atoms. The molecule has 1 atom stereocenters. The van der Waals surface area contributed by atoms with Gasteiger partial charge in [-0.1, -0.05) is 11.3 Å². The molecule has 3 rings (SSSR count). The van der Waals surface area contributed by atoms with Crippen molar-refractivity contribution in [3.8, 4) is 0 Å². The third-order valence-corrected chi connectivity index (χ3v) is 5.17.